The minimum Gasteiger partial charge on any atom is -0.317 e. The van der Waals surface area contributed by atoms with Crippen LogP contribution in [0, 0.1) is 5.92 Å². The van der Waals surface area contributed by atoms with E-state index in [2.05, 4.69) is 57.3 Å². The molecule has 0 saturated heterocycles. The second-order valence-corrected chi connectivity index (χ2v) is 5.78. The van der Waals surface area contributed by atoms with E-state index in [1.165, 1.54) is 30.4 Å². The zero-order valence-electron chi connectivity index (χ0n) is 12.5. The van der Waals surface area contributed by atoms with Crippen molar-refractivity contribution in [2.24, 2.45) is 5.92 Å². The average Bonchev–Trinajstić information content (AvgIpc) is 2.34. The molecule has 1 N–H and O–H groups in total. The van der Waals surface area contributed by atoms with Crippen molar-refractivity contribution in [3.8, 4) is 0 Å². The second kappa shape index (κ2) is 8.31. The van der Waals surface area contributed by atoms with Gasteiger partial charge in [0.05, 0.1) is 0 Å². The fourth-order valence-electron chi connectivity index (χ4n) is 2.29. The molecule has 102 valence electrons. The molecule has 0 saturated carbocycles. The second-order valence-electron chi connectivity index (χ2n) is 5.78. The van der Waals surface area contributed by atoms with Crippen LogP contribution in [0.5, 0.6) is 0 Å². The summed E-state index contributed by atoms with van der Waals surface area (Å²) >= 11 is 0. The monoisotopic (exact) mass is 247 g/mol. The molecule has 0 spiro atoms. The highest BCUT2D eigenvalue weighted by Gasteiger charge is 2.06. The molecule has 1 heteroatoms. The van der Waals surface area contributed by atoms with Crippen molar-refractivity contribution in [3.63, 3.8) is 0 Å². The first kappa shape index (κ1) is 15.2. The molecule has 0 heterocycles. The van der Waals surface area contributed by atoms with Gasteiger partial charge in [0.15, 0.2) is 0 Å². The summed E-state index contributed by atoms with van der Waals surface area (Å²) in [5.41, 5.74) is 2.97. The third-order valence-electron chi connectivity index (χ3n) is 3.34. The predicted molar refractivity (Wildman–Crippen MR) is 81.2 cm³/mol. The Morgan fingerprint density at radius 1 is 1.11 bits per heavy atom. The summed E-state index contributed by atoms with van der Waals surface area (Å²) < 4.78 is 0. The Labute approximate surface area is 113 Å². The Morgan fingerprint density at radius 2 is 1.89 bits per heavy atom. The van der Waals surface area contributed by atoms with Crippen LogP contribution in [0.1, 0.15) is 57.6 Å². The molecule has 0 bridgehead atoms. The van der Waals surface area contributed by atoms with Crippen molar-refractivity contribution >= 4 is 0 Å². The van der Waals surface area contributed by atoms with Gasteiger partial charge in [0.1, 0.15) is 0 Å². The van der Waals surface area contributed by atoms with Gasteiger partial charge in [0.2, 0.25) is 0 Å². The normalized spacial score (nSPS) is 12.9. The summed E-state index contributed by atoms with van der Waals surface area (Å²) in [6.07, 6.45) is 3.64. The molecule has 0 fully saturated rings. The zero-order chi connectivity index (χ0) is 13.4. The molecule has 1 nitrogen and oxygen atoms in total. The van der Waals surface area contributed by atoms with Gasteiger partial charge >= 0.3 is 0 Å². The summed E-state index contributed by atoms with van der Waals surface area (Å²) in [7, 11) is 0. The molecule has 1 aromatic rings. The number of rotatable bonds is 8. The van der Waals surface area contributed by atoms with E-state index in [0.717, 1.165) is 19.0 Å². The van der Waals surface area contributed by atoms with Crippen LogP contribution >= 0.6 is 0 Å². The molecule has 0 aromatic heterocycles. The quantitative estimate of drug-likeness (QED) is 0.672. The summed E-state index contributed by atoms with van der Waals surface area (Å²) in [6.45, 7) is 11.4. The lowest BCUT2D eigenvalue weighted by Crippen LogP contribution is -2.17. The van der Waals surface area contributed by atoms with Gasteiger partial charge in [-0.2, -0.15) is 0 Å². The van der Waals surface area contributed by atoms with E-state index in [1.54, 1.807) is 0 Å². The van der Waals surface area contributed by atoms with Gasteiger partial charge in [-0.05, 0) is 55.3 Å². The highest BCUT2D eigenvalue weighted by atomic mass is 14.8. The van der Waals surface area contributed by atoms with Gasteiger partial charge in [-0.25, -0.2) is 0 Å². The first-order valence-electron chi connectivity index (χ1n) is 7.43. The smallest absolute Gasteiger partial charge is 0.00432 e. The summed E-state index contributed by atoms with van der Waals surface area (Å²) in [4.78, 5) is 0. The molecule has 1 aromatic carbocycles. The van der Waals surface area contributed by atoms with Crippen LogP contribution in [0.25, 0.3) is 0 Å². The third kappa shape index (κ3) is 5.68. The molecule has 0 radical (unpaired) electrons. The fraction of sp³-hybridized carbons (Fsp3) is 0.647. The molecule has 18 heavy (non-hydrogen) atoms. The van der Waals surface area contributed by atoms with E-state index in [0.29, 0.717) is 5.92 Å². The number of benzene rings is 1. The van der Waals surface area contributed by atoms with E-state index in [9.17, 15) is 0 Å². The van der Waals surface area contributed by atoms with Crippen molar-refractivity contribution in [2.75, 3.05) is 13.1 Å². The van der Waals surface area contributed by atoms with Crippen LogP contribution in [0.2, 0.25) is 0 Å². The fourth-order valence-corrected chi connectivity index (χ4v) is 2.29. The van der Waals surface area contributed by atoms with E-state index in [4.69, 9.17) is 0 Å². The largest absolute Gasteiger partial charge is 0.317 e. The van der Waals surface area contributed by atoms with Gasteiger partial charge in [-0.1, -0.05) is 52.0 Å². The Hall–Kier alpha value is -0.820. The number of hydrogen-bond donors (Lipinski definition) is 1. The summed E-state index contributed by atoms with van der Waals surface area (Å²) in [6, 6.07) is 9.13. The Kier molecular flexibility index (Phi) is 7.04. The molecule has 1 atom stereocenters. The minimum atomic E-state index is 0.654. The first-order valence-corrected chi connectivity index (χ1v) is 7.43. The van der Waals surface area contributed by atoms with Gasteiger partial charge in [-0.3, -0.25) is 0 Å². The molecule has 1 rings (SSSR count). The highest BCUT2D eigenvalue weighted by Crippen LogP contribution is 2.20. The topological polar surface area (TPSA) is 12.0 Å². The van der Waals surface area contributed by atoms with Gasteiger partial charge < -0.3 is 5.32 Å². The van der Waals surface area contributed by atoms with E-state index >= 15 is 0 Å². The Bertz CT molecular complexity index is 330. The van der Waals surface area contributed by atoms with Crippen LogP contribution in [-0.2, 0) is 6.42 Å². The molecule has 1 unspecified atom stereocenters. The Morgan fingerprint density at radius 3 is 2.56 bits per heavy atom. The standard InChI is InChI=1S/C17H29N/c1-5-10-18-11-9-15(4)17-8-6-7-16(13-17)12-14(2)3/h6-8,13-15,18H,5,9-12H2,1-4H3. The lowest BCUT2D eigenvalue weighted by molar-refractivity contribution is 0.589. The molecular weight excluding hydrogens is 218 g/mol. The van der Waals surface area contributed by atoms with Gasteiger partial charge in [0.25, 0.3) is 0 Å². The predicted octanol–water partition coefficient (Wildman–Crippen LogP) is 4.38. The number of hydrogen-bond acceptors (Lipinski definition) is 1. The highest BCUT2D eigenvalue weighted by molar-refractivity contribution is 5.26. The molecule has 0 amide bonds. The van der Waals surface area contributed by atoms with Crippen LogP contribution in [0.3, 0.4) is 0 Å². The van der Waals surface area contributed by atoms with Crippen LogP contribution in [-0.4, -0.2) is 13.1 Å². The summed E-state index contributed by atoms with van der Waals surface area (Å²) in [5, 5.41) is 3.48. The minimum absolute atomic E-state index is 0.654. The first-order chi connectivity index (χ1) is 8.63. The maximum absolute atomic E-state index is 3.48. The van der Waals surface area contributed by atoms with Crippen LogP contribution in [0.15, 0.2) is 24.3 Å². The average molecular weight is 247 g/mol. The lowest BCUT2D eigenvalue weighted by atomic mass is 9.93. The lowest BCUT2D eigenvalue weighted by Gasteiger charge is -2.14. The maximum atomic E-state index is 3.48. The molecule has 0 aliphatic heterocycles. The maximum Gasteiger partial charge on any atom is -0.00432 e. The van der Waals surface area contributed by atoms with Gasteiger partial charge in [0, 0.05) is 0 Å². The Balaban J connectivity index is 2.48. The van der Waals surface area contributed by atoms with Crippen molar-refractivity contribution in [1.29, 1.82) is 0 Å². The molecule has 0 aliphatic carbocycles. The third-order valence-corrected chi connectivity index (χ3v) is 3.34. The van der Waals surface area contributed by atoms with Crippen molar-refractivity contribution in [2.45, 2.75) is 52.9 Å². The summed E-state index contributed by atoms with van der Waals surface area (Å²) in [5.74, 6) is 1.39. The van der Waals surface area contributed by atoms with E-state index < -0.39 is 0 Å². The number of nitrogens with one attached hydrogen (secondary N) is 1. The van der Waals surface area contributed by atoms with E-state index in [1.807, 2.05) is 0 Å². The zero-order valence-corrected chi connectivity index (χ0v) is 12.5. The van der Waals surface area contributed by atoms with Crippen molar-refractivity contribution in [3.05, 3.63) is 35.4 Å². The van der Waals surface area contributed by atoms with Crippen molar-refractivity contribution in [1.82, 2.24) is 5.32 Å². The van der Waals surface area contributed by atoms with Crippen LogP contribution < -0.4 is 5.32 Å². The van der Waals surface area contributed by atoms with Gasteiger partial charge in [-0.15, -0.1) is 0 Å². The molecular formula is C17H29N. The van der Waals surface area contributed by atoms with Crippen molar-refractivity contribution < 1.29 is 0 Å². The SMILES string of the molecule is CCCNCCC(C)c1cccc(CC(C)C)c1. The molecule has 0 aliphatic rings. The van der Waals surface area contributed by atoms with Crippen LogP contribution in [0.4, 0.5) is 0 Å². The van der Waals surface area contributed by atoms with E-state index in [-0.39, 0.29) is 0 Å².